The highest BCUT2D eigenvalue weighted by molar-refractivity contribution is 9.10. The molecule has 0 fully saturated rings. The van der Waals surface area contributed by atoms with Crippen LogP contribution in [0.5, 0.6) is 0 Å². The molecule has 0 amide bonds. The summed E-state index contributed by atoms with van der Waals surface area (Å²) in [6, 6.07) is 7.79. The van der Waals surface area contributed by atoms with E-state index in [0.29, 0.717) is 6.42 Å². The summed E-state index contributed by atoms with van der Waals surface area (Å²) in [5.41, 5.74) is 1.02. The Morgan fingerprint density at radius 2 is 2.06 bits per heavy atom. The summed E-state index contributed by atoms with van der Waals surface area (Å²) in [6.45, 7) is 3.54. The Kier molecular flexibility index (Phi) is 3.31. The molecule has 0 saturated heterocycles. The molecule has 1 N–H and O–H groups in total. The fourth-order valence-corrected chi connectivity index (χ4v) is 2.10. The number of para-hydroxylation sites is 1. The van der Waals surface area contributed by atoms with Crippen molar-refractivity contribution < 1.29 is 5.11 Å². The van der Waals surface area contributed by atoms with E-state index in [1.54, 1.807) is 24.7 Å². The van der Waals surface area contributed by atoms with Crippen LogP contribution in [0.15, 0.2) is 34.9 Å². The molecular formula is C12H14BrN3O. The van der Waals surface area contributed by atoms with Gasteiger partial charge in [-0.15, -0.1) is 5.10 Å². The summed E-state index contributed by atoms with van der Waals surface area (Å²) in [4.78, 5) is 0. The highest BCUT2D eigenvalue weighted by Gasteiger charge is 2.18. The van der Waals surface area contributed by atoms with Crippen molar-refractivity contribution in [3.05, 3.63) is 40.6 Å². The normalized spacial score (nSPS) is 11.8. The Labute approximate surface area is 108 Å². The first-order valence-electron chi connectivity index (χ1n) is 5.34. The van der Waals surface area contributed by atoms with Gasteiger partial charge in [0.25, 0.3) is 0 Å². The maximum Gasteiger partial charge on any atom is 0.0808 e. The molecule has 5 heteroatoms. The van der Waals surface area contributed by atoms with Gasteiger partial charge in [0.05, 0.1) is 23.2 Å². The van der Waals surface area contributed by atoms with E-state index < -0.39 is 5.60 Å². The van der Waals surface area contributed by atoms with Crippen molar-refractivity contribution >= 4 is 15.9 Å². The third-order valence-electron chi connectivity index (χ3n) is 2.31. The molecule has 0 aliphatic heterocycles. The van der Waals surface area contributed by atoms with Crippen molar-refractivity contribution in [1.82, 2.24) is 15.0 Å². The lowest BCUT2D eigenvalue weighted by atomic mass is 10.0. The third-order valence-corrected chi connectivity index (χ3v) is 2.98. The summed E-state index contributed by atoms with van der Waals surface area (Å²) in [5, 5.41) is 17.8. The van der Waals surface area contributed by atoms with Crippen LogP contribution in [0.1, 0.15) is 19.5 Å². The largest absolute Gasteiger partial charge is 0.390 e. The van der Waals surface area contributed by atoms with Gasteiger partial charge in [-0.2, -0.15) is 0 Å². The Hall–Kier alpha value is -1.20. The van der Waals surface area contributed by atoms with Crippen LogP contribution in [-0.4, -0.2) is 25.7 Å². The van der Waals surface area contributed by atoms with Crippen molar-refractivity contribution in [3.63, 3.8) is 0 Å². The van der Waals surface area contributed by atoms with E-state index in [0.717, 1.165) is 15.9 Å². The summed E-state index contributed by atoms with van der Waals surface area (Å²) in [5.74, 6) is 0. The van der Waals surface area contributed by atoms with E-state index in [4.69, 9.17) is 0 Å². The zero-order chi connectivity index (χ0) is 12.5. The van der Waals surface area contributed by atoms with Crippen LogP contribution in [0.25, 0.3) is 5.69 Å². The average molecular weight is 296 g/mol. The highest BCUT2D eigenvalue weighted by atomic mass is 79.9. The molecule has 4 nitrogen and oxygen atoms in total. The van der Waals surface area contributed by atoms with Crippen LogP contribution >= 0.6 is 15.9 Å². The van der Waals surface area contributed by atoms with E-state index in [9.17, 15) is 5.11 Å². The lowest BCUT2D eigenvalue weighted by molar-refractivity contribution is 0.0793. The van der Waals surface area contributed by atoms with Crippen molar-refractivity contribution in [2.45, 2.75) is 25.9 Å². The van der Waals surface area contributed by atoms with E-state index >= 15 is 0 Å². The summed E-state index contributed by atoms with van der Waals surface area (Å²) < 4.78 is 2.68. The molecule has 0 bridgehead atoms. The Morgan fingerprint density at radius 1 is 1.35 bits per heavy atom. The average Bonchev–Trinajstić information content (AvgIpc) is 2.64. The van der Waals surface area contributed by atoms with Crippen LogP contribution in [-0.2, 0) is 6.42 Å². The number of nitrogens with zero attached hydrogens (tertiary/aromatic N) is 3. The SMILES string of the molecule is CC(C)(O)Cc1cnnn1-c1ccccc1Br. The number of hydrogen-bond acceptors (Lipinski definition) is 3. The van der Waals surface area contributed by atoms with Crippen LogP contribution in [0.3, 0.4) is 0 Å². The second-order valence-corrected chi connectivity index (χ2v) is 5.43. The number of halogens is 1. The molecule has 2 aromatic rings. The van der Waals surface area contributed by atoms with Crippen LogP contribution in [0.4, 0.5) is 0 Å². The molecule has 0 spiro atoms. The van der Waals surface area contributed by atoms with Crippen molar-refractivity contribution in [2.75, 3.05) is 0 Å². The van der Waals surface area contributed by atoms with Gasteiger partial charge >= 0.3 is 0 Å². The van der Waals surface area contributed by atoms with Gasteiger partial charge in [0, 0.05) is 10.9 Å². The number of aliphatic hydroxyl groups is 1. The fraction of sp³-hybridized carbons (Fsp3) is 0.333. The summed E-state index contributed by atoms with van der Waals surface area (Å²) in [6.07, 6.45) is 2.18. The number of aromatic nitrogens is 3. The molecule has 0 aliphatic carbocycles. The van der Waals surface area contributed by atoms with Crippen LogP contribution < -0.4 is 0 Å². The van der Waals surface area contributed by atoms with Gasteiger partial charge in [-0.3, -0.25) is 0 Å². The minimum absolute atomic E-state index is 0.501. The minimum atomic E-state index is -0.777. The highest BCUT2D eigenvalue weighted by Crippen LogP contribution is 2.22. The second kappa shape index (κ2) is 4.58. The molecule has 0 unspecified atom stereocenters. The van der Waals surface area contributed by atoms with E-state index in [-0.39, 0.29) is 0 Å². The Morgan fingerprint density at radius 3 is 2.71 bits per heavy atom. The molecule has 90 valence electrons. The number of hydrogen-bond donors (Lipinski definition) is 1. The smallest absolute Gasteiger partial charge is 0.0808 e. The lowest BCUT2D eigenvalue weighted by Crippen LogP contribution is -2.23. The number of benzene rings is 1. The summed E-state index contributed by atoms with van der Waals surface area (Å²) in [7, 11) is 0. The molecule has 1 heterocycles. The molecule has 0 aliphatic rings. The van der Waals surface area contributed by atoms with Gasteiger partial charge in [-0.25, -0.2) is 4.68 Å². The Bertz CT molecular complexity index is 516. The van der Waals surface area contributed by atoms with Gasteiger partial charge in [0.1, 0.15) is 0 Å². The first-order chi connectivity index (χ1) is 7.97. The van der Waals surface area contributed by atoms with Crippen LogP contribution in [0, 0.1) is 0 Å². The van der Waals surface area contributed by atoms with Gasteiger partial charge in [-0.05, 0) is 41.9 Å². The molecular weight excluding hydrogens is 282 g/mol. The predicted molar refractivity (Wildman–Crippen MR) is 69.1 cm³/mol. The zero-order valence-corrected chi connectivity index (χ0v) is 11.3. The second-order valence-electron chi connectivity index (χ2n) is 4.58. The standard InChI is InChI=1S/C12H14BrN3O/c1-12(2,17)7-9-8-14-15-16(9)11-6-4-3-5-10(11)13/h3-6,8,17H,7H2,1-2H3. The molecule has 0 atom stereocenters. The molecule has 0 radical (unpaired) electrons. The van der Waals surface area contributed by atoms with Crippen molar-refractivity contribution in [3.8, 4) is 5.69 Å². The minimum Gasteiger partial charge on any atom is -0.390 e. The quantitative estimate of drug-likeness (QED) is 0.946. The number of rotatable bonds is 3. The fourth-order valence-electron chi connectivity index (χ4n) is 1.65. The van der Waals surface area contributed by atoms with Crippen molar-refractivity contribution in [2.24, 2.45) is 0 Å². The topological polar surface area (TPSA) is 50.9 Å². The van der Waals surface area contributed by atoms with E-state index in [2.05, 4.69) is 26.2 Å². The van der Waals surface area contributed by atoms with Gasteiger partial charge < -0.3 is 5.11 Å². The molecule has 0 saturated carbocycles. The van der Waals surface area contributed by atoms with E-state index in [1.807, 2.05) is 24.3 Å². The summed E-state index contributed by atoms with van der Waals surface area (Å²) >= 11 is 3.48. The van der Waals surface area contributed by atoms with Gasteiger partial charge in [-0.1, -0.05) is 17.3 Å². The third kappa shape index (κ3) is 2.92. The van der Waals surface area contributed by atoms with Crippen molar-refractivity contribution in [1.29, 1.82) is 0 Å². The lowest BCUT2D eigenvalue weighted by Gasteiger charge is -2.17. The van der Waals surface area contributed by atoms with E-state index in [1.165, 1.54) is 0 Å². The first kappa shape index (κ1) is 12.3. The molecule has 1 aromatic carbocycles. The van der Waals surface area contributed by atoms with Crippen LogP contribution in [0.2, 0.25) is 0 Å². The zero-order valence-electron chi connectivity index (χ0n) is 9.76. The first-order valence-corrected chi connectivity index (χ1v) is 6.13. The molecule has 17 heavy (non-hydrogen) atoms. The maximum atomic E-state index is 9.85. The van der Waals surface area contributed by atoms with Gasteiger partial charge in [0.15, 0.2) is 0 Å². The maximum absolute atomic E-state index is 9.85. The Balaban J connectivity index is 2.41. The van der Waals surface area contributed by atoms with Gasteiger partial charge in [0.2, 0.25) is 0 Å². The molecule has 1 aromatic heterocycles. The predicted octanol–water partition coefficient (Wildman–Crippen LogP) is 2.34. The monoisotopic (exact) mass is 295 g/mol. The molecule has 2 rings (SSSR count).